The molecule has 5 heteroatoms. The largest absolute Gasteiger partial charge is 0.292 e. The van der Waals surface area contributed by atoms with Gasteiger partial charge < -0.3 is 0 Å². The van der Waals surface area contributed by atoms with Crippen molar-refractivity contribution in [2.75, 3.05) is 0 Å². The van der Waals surface area contributed by atoms with Gasteiger partial charge in [-0.3, -0.25) is 9.78 Å². The Labute approximate surface area is 104 Å². The van der Waals surface area contributed by atoms with Crippen LogP contribution in [0.3, 0.4) is 0 Å². The van der Waals surface area contributed by atoms with E-state index in [-0.39, 0.29) is 5.78 Å². The summed E-state index contributed by atoms with van der Waals surface area (Å²) in [5.74, 6) is -0.0451. The summed E-state index contributed by atoms with van der Waals surface area (Å²) in [5.41, 5.74) is 1.63. The van der Waals surface area contributed by atoms with E-state index in [9.17, 15) is 4.79 Å². The van der Waals surface area contributed by atoms with E-state index in [1.165, 1.54) is 12.4 Å². The Hall–Kier alpha value is -2.61. The van der Waals surface area contributed by atoms with Gasteiger partial charge in [-0.1, -0.05) is 6.07 Å². The maximum absolute atomic E-state index is 11.8. The maximum Gasteiger partial charge on any atom is 0.181 e. The van der Waals surface area contributed by atoms with Crippen molar-refractivity contribution < 1.29 is 4.79 Å². The minimum absolute atomic E-state index is 0.0451. The topological polar surface area (TPSA) is 79.5 Å². The van der Waals surface area contributed by atoms with Crippen LogP contribution in [0.4, 0.5) is 0 Å². The second-order valence-corrected chi connectivity index (χ2v) is 3.68. The van der Waals surface area contributed by atoms with Crippen molar-refractivity contribution in [2.45, 2.75) is 12.8 Å². The first-order chi connectivity index (χ1) is 8.81. The van der Waals surface area contributed by atoms with Gasteiger partial charge in [0.1, 0.15) is 11.8 Å². The number of aryl methyl sites for hydroxylation is 1. The number of pyridine rings is 1. The summed E-state index contributed by atoms with van der Waals surface area (Å²) in [5, 5.41) is 16.2. The molecule has 0 radical (unpaired) electrons. The maximum atomic E-state index is 11.8. The Morgan fingerprint density at radius 2 is 2.11 bits per heavy atom. The van der Waals surface area contributed by atoms with E-state index in [0.717, 1.165) is 5.56 Å². The highest BCUT2D eigenvalue weighted by Crippen LogP contribution is 2.09. The highest BCUT2D eigenvalue weighted by molar-refractivity contribution is 5.94. The third kappa shape index (κ3) is 2.74. The molecule has 18 heavy (non-hydrogen) atoms. The number of rotatable bonds is 4. The molecule has 0 N–H and O–H groups in total. The normalized spacial score (nSPS) is 9.72. The number of aromatic nitrogens is 3. The van der Waals surface area contributed by atoms with Crippen LogP contribution in [0, 0.1) is 11.3 Å². The molecule has 0 bridgehead atoms. The summed E-state index contributed by atoms with van der Waals surface area (Å²) in [6.45, 7) is 0. The van der Waals surface area contributed by atoms with E-state index < -0.39 is 0 Å². The predicted octanol–water partition coefficient (Wildman–Crippen LogP) is 1.56. The van der Waals surface area contributed by atoms with Gasteiger partial charge in [-0.2, -0.15) is 15.5 Å². The molecule has 0 aliphatic heterocycles. The van der Waals surface area contributed by atoms with Crippen molar-refractivity contribution in [3.8, 4) is 6.07 Å². The molecule has 0 spiro atoms. The molecule has 2 rings (SSSR count). The lowest BCUT2D eigenvalue weighted by Crippen LogP contribution is -2.04. The van der Waals surface area contributed by atoms with E-state index in [0.29, 0.717) is 24.1 Å². The zero-order valence-electron chi connectivity index (χ0n) is 9.58. The van der Waals surface area contributed by atoms with Crippen LogP contribution in [-0.4, -0.2) is 21.0 Å². The average molecular weight is 238 g/mol. The van der Waals surface area contributed by atoms with Crippen molar-refractivity contribution in [2.24, 2.45) is 0 Å². The van der Waals surface area contributed by atoms with Gasteiger partial charge in [0.05, 0.1) is 18.0 Å². The number of carbonyl (C=O) groups excluding carboxylic acids is 1. The van der Waals surface area contributed by atoms with Gasteiger partial charge in [-0.25, -0.2) is 0 Å². The van der Waals surface area contributed by atoms with Gasteiger partial charge in [0.15, 0.2) is 5.78 Å². The van der Waals surface area contributed by atoms with Crippen LogP contribution in [0.15, 0.2) is 36.8 Å². The van der Waals surface area contributed by atoms with Gasteiger partial charge in [0, 0.05) is 12.6 Å². The first-order valence-corrected chi connectivity index (χ1v) is 5.45. The lowest BCUT2D eigenvalue weighted by molar-refractivity contribution is 0.0978. The Morgan fingerprint density at radius 3 is 2.83 bits per heavy atom. The van der Waals surface area contributed by atoms with Crippen molar-refractivity contribution >= 4 is 5.78 Å². The summed E-state index contributed by atoms with van der Waals surface area (Å²) in [4.78, 5) is 15.8. The molecule has 2 aromatic heterocycles. The number of Topliss-reactive ketones (excluding diaryl/α,β-unsaturated/α-hetero) is 1. The third-order valence-electron chi connectivity index (χ3n) is 2.51. The van der Waals surface area contributed by atoms with Crippen LogP contribution in [0.5, 0.6) is 0 Å². The van der Waals surface area contributed by atoms with Crippen LogP contribution in [0.25, 0.3) is 0 Å². The average Bonchev–Trinajstić information content (AvgIpc) is 2.46. The Kier molecular flexibility index (Phi) is 3.72. The smallest absolute Gasteiger partial charge is 0.181 e. The number of ketones is 1. The first kappa shape index (κ1) is 11.9. The fourth-order valence-corrected chi connectivity index (χ4v) is 1.55. The van der Waals surface area contributed by atoms with Crippen molar-refractivity contribution in [3.63, 3.8) is 0 Å². The number of nitriles is 1. The zero-order valence-corrected chi connectivity index (χ0v) is 9.58. The van der Waals surface area contributed by atoms with Crippen LogP contribution >= 0.6 is 0 Å². The molecule has 0 aliphatic rings. The molecule has 0 fully saturated rings. The van der Waals surface area contributed by atoms with E-state index >= 15 is 0 Å². The van der Waals surface area contributed by atoms with Crippen molar-refractivity contribution in [1.82, 2.24) is 15.2 Å². The molecule has 2 heterocycles. The SMILES string of the molecule is N#Cc1cnncc1CCC(=O)c1ccccn1. The lowest BCUT2D eigenvalue weighted by atomic mass is 10.0. The van der Waals surface area contributed by atoms with E-state index in [2.05, 4.69) is 15.2 Å². The van der Waals surface area contributed by atoms with Crippen molar-refractivity contribution in [1.29, 1.82) is 5.26 Å². The Bertz CT molecular complexity index is 589. The van der Waals surface area contributed by atoms with Crippen LogP contribution in [0.2, 0.25) is 0 Å². The minimum atomic E-state index is -0.0451. The fraction of sp³-hybridized carbons (Fsp3) is 0.154. The molecule has 0 unspecified atom stereocenters. The Morgan fingerprint density at radius 1 is 1.28 bits per heavy atom. The molecule has 0 amide bonds. The summed E-state index contributed by atoms with van der Waals surface area (Å²) in [7, 11) is 0. The molecule has 0 aromatic carbocycles. The quantitative estimate of drug-likeness (QED) is 0.755. The molecule has 0 saturated carbocycles. The summed E-state index contributed by atoms with van der Waals surface area (Å²) < 4.78 is 0. The fourth-order valence-electron chi connectivity index (χ4n) is 1.55. The molecule has 0 atom stereocenters. The second-order valence-electron chi connectivity index (χ2n) is 3.68. The molecule has 5 nitrogen and oxygen atoms in total. The second kappa shape index (κ2) is 5.64. The van der Waals surface area contributed by atoms with Crippen molar-refractivity contribution in [3.05, 3.63) is 53.6 Å². The highest BCUT2D eigenvalue weighted by atomic mass is 16.1. The predicted molar refractivity (Wildman–Crippen MR) is 63.6 cm³/mol. The van der Waals surface area contributed by atoms with Gasteiger partial charge in [-0.05, 0) is 24.1 Å². The van der Waals surface area contributed by atoms with E-state index in [1.54, 1.807) is 24.4 Å². The lowest BCUT2D eigenvalue weighted by Gasteiger charge is -2.01. The molecule has 2 aromatic rings. The molecule has 0 saturated heterocycles. The van der Waals surface area contributed by atoms with Gasteiger partial charge in [-0.15, -0.1) is 0 Å². The number of carbonyl (C=O) groups is 1. The van der Waals surface area contributed by atoms with E-state index in [1.807, 2.05) is 6.07 Å². The summed E-state index contributed by atoms with van der Waals surface area (Å²) in [6.07, 6.45) is 5.28. The monoisotopic (exact) mass is 238 g/mol. The number of nitrogens with zero attached hydrogens (tertiary/aromatic N) is 4. The zero-order chi connectivity index (χ0) is 12.8. The third-order valence-corrected chi connectivity index (χ3v) is 2.51. The van der Waals surface area contributed by atoms with Gasteiger partial charge in [0.25, 0.3) is 0 Å². The van der Waals surface area contributed by atoms with Crippen LogP contribution in [0.1, 0.15) is 28.0 Å². The van der Waals surface area contributed by atoms with Gasteiger partial charge in [0.2, 0.25) is 0 Å². The standard InChI is InChI=1S/C13H10N4O/c14-7-11-9-17-16-8-10(11)4-5-13(18)12-3-1-2-6-15-12/h1-3,6,8-9H,4-5H2. The number of hydrogen-bond donors (Lipinski definition) is 0. The Balaban J connectivity index is 2.05. The van der Waals surface area contributed by atoms with E-state index in [4.69, 9.17) is 5.26 Å². The summed E-state index contributed by atoms with van der Waals surface area (Å²) >= 11 is 0. The van der Waals surface area contributed by atoms with Gasteiger partial charge >= 0.3 is 0 Å². The molecule has 88 valence electrons. The molecular formula is C13H10N4O. The minimum Gasteiger partial charge on any atom is -0.292 e. The first-order valence-electron chi connectivity index (χ1n) is 5.45. The highest BCUT2D eigenvalue weighted by Gasteiger charge is 2.09. The van der Waals surface area contributed by atoms with Crippen LogP contribution in [-0.2, 0) is 6.42 Å². The number of hydrogen-bond acceptors (Lipinski definition) is 5. The summed E-state index contributed by atoms with van der Waals surface area (Å²) in [6, 6.07) is 7.24. The molecule has 0 aliphatic carbocycles. The van der Waals surface area contributed by atoms with Crippen LogP contribution < -0.4 is 0 Å². The molecular weight excluding hydrogens is 228 g/mol.